The van der Waals surface area contributed by atoms with Crippen molar-refractivity contribution in [2.75, 3.05) is 13.2 Å². The molecule has 0 aliphatic heterocycles. The van der Waals surface area contributed by atoms with Crippen LogP contribution in [0.1, 0.15) is 27.2 Å². The normalized spacial score (nSPS) is 12.2. The molecule has 1 aromatic rings. The monoisotopic (exact) mass is 299 g/mol. The van der Waals surface area contributed by atoms with Crippen molar-refractivity contribution < 1.29 is 14.3 Å². The van der Waals surface area contributed by atoms with Gasteiger partial charge < -0.3 is 14.8 Å². The Balaban J connectivity index is 2.25. The molecule has 5 heteroatoms. The second-order valence-corrected chi connectivity index (χ2v) is 5.22. The SMILES string of the molecule is CC(C)OCCCNC(=O)[C@@H](C)Oc1cccc(Cl)c1. The third-order valence-electron chi connectivity index (χ3n) is 2.55. The van der Waals surface area contributed by atoms with Crippen LogP contribution in [0.25, 0.3) is 0 Å². The van der Waals surface area contributed by atoms with Gasteiger partial charge in [-0.1, -0.05) is 17.7 Å². The lowest BCUT2D eigenvalue weighted by molar-refractivity contribution is -0.127. The van der Waals surface area contributed by atoms with E-state index in [0.717, 1.165) is 6.42 Å². The van der Waals surface area contributed by atoms with Crippen molar-refractivity contribution in [3.63, 3.8) is 0 Å². The number of amides is 1. The van der Waals surface area contributed by atoms with E-state index in [4.69, 9.17) is 21.1 Å². The highest BCUT2D eigenvalue weighted by Gasteiger charge is 2.13. The topological polar surface area (TPSA) is 47.6 Å². The molecule has 0 bridgehead atoms. The Hall–Kier alpha value is -1.26. The van der Waals surface area contributed by atoms with Crippen molar-refractivity contribution in [2.45, 2.75) is 39.4 Å². The van der Waals surface area contributed by atoms with E-state index in [1.54, 1.807) is 31.2 Å². The summed E-state index contributed by atoms with van der Waals surface area (Å²) in [6, 6.07) is 6.99. The smallest absolute Gasteiger partial charge is 0.260 e. The third-order valence-corrected chi connectivity index (χ3v) is 2.78. The van der Waals surface area contributed by atoms with Crippen LogP contribution in [0.2, 0.25) is 5.02 Å². The van der Waals surface area contributed by atoms with Gasteiger partial charge >= 0.3 is 0 Å². The summed E-state index contributed by atoms with van der Waals surface area (Å²) >= 11 is 5.86. The number of hydrogen-bond donors (Lipinski definition) is 1. The van der Waals surface area contributed by atoms with Gasteiger partial charge in [0, 0.05) is 18.2 Å². The minimum Gasteiger partial charge on any atom is -0.481 e. The molecule has 0 fully saturated rings. The van der Waals surface area contributed by atoms with Gasteiger partial charge in [-0.2, -0.15) is 0 Å². The molecule has 1 aromatic carbocycles. The summed E-state index contributed by atoms with van der Waals surface area (Å²) in [5.74, 6) is 0.442. The van der Waals surface area contributed by atoms with Crippen LogP contribution < -0.4 is 10.1 Å². The van der Waals surface area contributed by atoms with Crippen LogP contribution in [0.15, 0.2) is 24.3 Å². The van der Waals surface area contributed by atoms with Crippen molar-refractivity contribution in [3.8, 4) is 5.75 Å². The van der Waals surface area contributed by atoms with E-state index in [1.165, 1.54) is 0 Å². The van der Waals surface area contributed by atoms with Crippen LogP contribution >= 0.6 is 11.6 Å². The zero-order valence-electron chi connectivity index (χ0n) is 12.2. The van der Waals surface area contributed by atoms with Gasteiger partial charge in [0.25, 0.3) is 5.91 Å². The van der Waals surface area contributed by atoms with E-state index in [1.807, 2.05) is 13.8 Å². The van der Waals surface area contributed by atoms with Gasteiger partial charge in [-0.3, -0.25) is 4.79 Å². The molecule has 0 unspecified atom stereocenters. The molecular weight excluding hydrogens is 278 g/mol. The summed E-state index contributed by atoms with van der Waals surface area (Å²) in [4.78, 5) is 11.8. The van der Waals surface area contributed by atoms with E-state index in [0.29, 0.717) is 23.9 Å². The van der Waals surface area contributed by atoms with Crippen molar-refractivity contribution in [2.24, 2.45) is 0 Å². The highest BCUT2D eigenvalue weighted by molar-refractivity contribution is 6.30. The number of ether oxygens (including phenoxy) is 2. The highest BCUT2D eigenvalue weighted by atomic mass is 35.5. The van der Waals surface area contributed by atoms with Crippen molar-refractivity contribution >= 4 is 17.5 Å². The first-order chi connectivity index (χ1) is 9.49. The first-order valence-corrected chi connectivity index (χ1v) is 7.18. The summed E-state index contributed by atoms with van der Waals surface area (Å²) in [6.45, 7) is 6.90. The van der Waals surface area contributed by atoms with E-state index in [2.05, 4.69) is 5.32 Å². The van der Waals surface area contributed by atoms with Gasteiger partial charge in [-0.15, -0.1) is 0 Å². The molecule has 0 saturated carbocycles. The van der Waals surface area contributed by atoms with Crippen LogP contribution in [0.3, 0.4) is 0 Å². The number of rotatable bonds is 8. The fourth-order valence-electron chi connectivity index (χ4n) is 1.54. The van der Waals surface area contributed by atoms with Crippen LogP contribution in [-0.2, 0) is 9.53 Å². The fourth-order valence-corrected chi connectivity index (χ4v) is 1.72. The molecule has 0 heterocycles. The number of hydrogen-bond acceptors (Lipinski definition) is 3. The molecule has 0 aliphatic carbocycles. The van der Waals surface area contributed by atoms with Crippen molar-refractivity contribution in [3.05, 3.63) is 29.3 Å². The Morgan fingerprint density at radius 1 is 1.35 bits per heavy atom. The minimum absolute atomic E-state index is 0.144. The average Bonchev–Trinajstić information content (AvgIpc) is 2.37. The molecule has 0 spiro atoms. The minimum atomic E-state index is -0.556. The second-order valence-electron chi connectivity index (χ2n) is 4.78. The van der Waals surface area contributed by atoms with Crippen LogP contribution in [0.5, 0.6) is 5.75 Å². The van der Waals surface area contributed by atoms with E-state index in [9.17, 15) is 4.79 Å². The maximum Gasteiger partial charge on any atom is 0.260 e. The van der Waals surface area contributed by atoms with Gasteiger partial charge in [0.1, 0.15) is 5.75 Å². The molecule has 0 aromatic heterocycles. The van der Waals surface area contributed by atoms with Gasteiger partial charge in [0.2, 0.25) is 0 Å². The molecule has 0 aliphatic rings. The van der Waals surface area contributed by atoms with Gasteiger partial charge in [0.05, 0.1) is 6.10 Å². The quantitative estimate of drug-likeness (QED) is 0.751. The summed E-state index contributed by atoms with van der Waals surface area (Å²) in [7, 11) is 0. The Kier molecular flexibility index (Phi) is 7.41. The molecule has 1 amide bonds. The van der Waals surface area contributed by atoms with Gasteiger partial charge in [0.15, 0.2) is 6.10 Å². The molecule has 1 atom stereocenters. The number of halogens is 1. The van der Waals surface area contributed by atoms with Crippen LogP contribution in [-0.4, -0.2) is 31.3 Å². The number of benzene rings is 1. The largest absolute Gasteiger partial charge is 0.481 e. The van der Waals surface area contributed by atoms with Crippen LogP contribution in [0, 0.1) is 0 Å². The molecule has 1 N–H and O–H groups in total. The average molecular weight is 300 g/mol. The lowest BCUT2D eigenvalue weighted by Gasteiger charge is -2.15. The lowest BCUT2D eigenvalue weighted by atomic mass is 10.3. The Bertz CT molecular complexity index is 423. The maximum absolute atomic E-state index is 11.8. The van der Waals surface area contributed by atoms with E-state index < -0.39 is 6.10 Å². The molecule has 4 nitrogen and oxygen atoms in total. The Morgan fingerprint density at radius 2 is 2.10 bits per heavy atom. The van der Waals surface area contributed by atoms with Gasteiger partial charge in [-0.05, 0) is 45.4 Å². The van der Waals surface area contributed by atoms with Crippen molar-refractivity contribution in [1.82, 2.24) is 5.32 Å². The third kappa shape index (κ3) is 6.78. The zero-order chi connectivity index (χ0) is 15.0. The molecule has 0 saturated heterocycles. The standard InChI is InChI=1S/C15H22ClNO3/c1-11(2)19-9-5-8-17-15(18)12(3)20-14-7-4-6-13(16)10-14/h4,6-7,10-12H,5,8-9H2,1-3H3,(H,17,18)/t12-/m1/s1. The van der Waals surface area contributed by atoms with Gasteiger partial charge in [-0.25, -0.2) is 0 Å². The number of carbonyl (C=O) groups excluding carboxylic acids is 1. The zero-order valence-corrected chi connectivity index (χ0v) is 12.9. The summed E-state index contributed by atoms with van der Waals surface area (Å²) < 4.78 is 10.9. The van der Waals surface area contributed by atoms with E-state index in [-0.39, 0.29) is 12.0 Å². The summed E-state index contributed by atoms with van der Waals surface area (Å²) in [5.41, 5.74) is 0. The second kappa shape index (κ2) is 8.82. The Morgan fingerprint density at radius 3 is 2.75 bits per heavy atom. The molecule has 20 heavy (non-hydrogen) atoms. The fraction of sp³-hybridized carbons (Fsp3) is 0.533. The first kappa shape index (κ1) is 16.8. The molecular formula is C15H22ClNO3. The lowest BCUT2D eigenvalue weighted by Crippen LogP contribution is -2.37. The predicted octanol–water partition coefficient (Wildman–Crippen LogP) is 3.04. The van der Waals surface area contributed by atoms with Crippen LogP contribution in [0.4, 0.5) is 0 Å². The first-order valence-electron chi connectivity index (χ1n) is 6.80. The summed E-state index contributed by atoms with van der Waals surface area (Å²) in [5, 5.41) is 3.40. The predicted molar refractivity (Wildman–Crippen MR) is 80.3 cm³/mol. The van der Waals surface area contributed by atoms with Crippen molar-refractivity contribution in [1.29, 1.82) is 0 Å². The maximum atomic E-state index is 11.8. The summed E-state index contributed by atoms with van der Waals surface area (Å²) in [6.07, 6.45) is 0.448. The number of nitrogens with one attached hydrogen (secondary N) is 1. The highest BCUT2D eigenvalue weighted by Crippen LogP contribution is 2.18. The molecule has 1 rings (SSSR count). The Labute approximate surface area is 125 Å². The molecule has 112 valence electrons. The number of carbonyl (C=O) groups is 1. The van der Waals surface area contributed by atoms with E-state index >= 15 is 0 Å². The molecule has 0 radical (unpaired) electrons.